The summed E-state index contributed by atoms with van der Waals surface area (Å²) in [6, 6.07) is 5.47. The minimum Gasteiger partial charge on any atom is -0.346 e. The predicted octanol–water partition coefficient (Wildman–Crippen LogP) is 0.967. The van der Waals surface area contributed by atoms with Crippen molar-refractivity contribution < 1.29 is 18.1 Å². The largest absolute Gasteiger partial charge is 0.346 e. The van der Waals surface area contributed by atoms with E-state index in [2.05, 4.69) is 12.2 Å². The third-order valence-electron chi connectivity index (χ3n) is 5.97. The molecule has 2 aliphatic heterocycles. The quantitative estimate of drug-likeness (QED) is 0.755. The van der Waals surface area contributed by atoms with Crippen LogP contribution in [0, 0.1) is 6.92 Å². The molecular weight excluding hydrogens is 362 g/mol. The lowest BCUT2D eigenvalue weighted by Gasteiger charge is -2.26. The zero-order valence-electron chi connectivity index (χ0n) is 16.5. The van der Waals surface area contributed by atoms with Crippen LogP contribution in [0.15, 0.2) is 23.1 Å². The Morgan fingerprint density at radius 1 is 1.22 bits per heavy atom. The molecule has 0 aromatic heterocycles. The smallest absolute Gasteiger partial charge is 0.251 e. The van der Waals surface area contributed by atoms with E-state index in [-0.39, 0.29) is 10.8 Å². The van der Waals surface area contributed by atoms with Crippen LogP contribution in [0.5, 0.6) is 0 Å². The van der Waals surface area contributed by atoms with E-state index in [1.807, 2.05) is 0 Å². The molecule has 6 nitrogen and oxygen atoms in total. The number of nitrogens with one attached hydrogen (secondary N) is 2. The molecular formula is C20H32N3O3S+. The summed E-state index contributed by atoms with van der Waals surface area (Å²) in [6.45, 7) is 7.98. The molecule has 1 amide bonds. The van der Waals surface area contributed by atoms with Crippen molar-refractivity contribution in [2.45, 2.75) is 56.9 Å². The Kier molecular flexibility index (Phi) is 6.55. The SMILES string of the molecule is CC[NH+]1CCC[C@H]1CNC(=O)c1ccc(C)c(S(=O)(=O)N2CCCCC2)c1. The summed E-state index contributed by atoms with van der Waals surface area (Å²) >= 11 is 0. The first-order valence-corrected chi connectivity index (χ1v) is 11.6. The summed E-state index contributed by atoms with van der Waals surface area (Å²) in [5, 5.41) is 3.01. The number of amides is 1. The molecule has 2 aliphatic rings. The highest BCUT2D eigenvalue weighted by molar-refractivity contribution is 7.89. The fourth-order valence-electron chi connectivity index (χ4n) is 4.28. The number of aryl methyl sites for hydroxylation is 1. The van der Waals surface area contributed by atoms with E-state index >= 15 is 0 Å². The first kappa shape index (κ1) is 20.3. The van der Waals surface area contributed by atoms with Crippen molar-refractivity contribution in [2.75, 3.05) is 32.7 Å². The number of quaternary nitrogens is 1. The zero-order valence-corrected chi connectivity index (χ0v) is 17.3. The van der Waals surface area contributed by atoms with Gasteiger partial charge < -0.3 is 10.2 Å². The Morgan fingerprint density at radius 3 is 2.67 bits per heavy atom. The molecule has 150 valence electrons. The molecule has 0 radical (unpaired) electrons. The fraction of sp³-hybridized carbons (Fsp3) is 0.650. The number of benzene rings is 1. The summed E-state index contributed by atoms with van der Waals surface area (Å²) in [4.78, 5) is 14.4. The van der Waals surface area contributed by atoms with Crippen LogP contribution in [0.3, 0.4) is 0 Å². The molecule has 1 aromatic rings. The molecule has 7 heteroatoms. The van der Waals surface area contributed by atoms with Crippen LogP contribution < -0.4 is 10.2 Å². The average molecular weight is 395 g/mol. The normalized spacial score (nSPS) is 24.1. The minimum atomic E-state index is -3.54. The molecule has 0 bridgehead atoms. The van der Waals surface area contributed by atoms with Crippen molar-refractivity contribution in [3.63, 3.8) is 0 Å². The molecule has 0 spiro atoms. The number of carbonyl (C=O) groups is 1. The van der Waals surface area contributed by atoms with E-state index in [0.29, 0.717) is 36.8 Å². The highest BCUT2D eigenvalue weighted by Crippen LogP contribution is 2.24. The van der Waals surface area contributed by atoms with Crippen LogP contribution in [-0.4, -0.2) is 57.4 Å². The molecule has 0 aliphatic carbocycles. The van der Waals surface area contributed by atoms with Gasteiger partial charge in [-0.15, -0.1) is 0 Å². The number of likely N-dealkylation sites (N-methyl/N-ethyl adjacent to an activating group) is 1. The highest BCUT2D eigenvalue weighted by Gasteiger charge is 2.29. The van der Waals surface area contributed by atoms with Gasteiger partial charge in [0.1, 0.15) is 6.04 Å². The zero-order chi connectivity index (χ0) is 19.4. The number of hydrogen-bond acceptors (Lipinski definition) is 3. The van der Waals surface area contributed by atoms with Crippen molar-refractivity contribution in [1.82, 2.24) is 9.62 Å². The van der Waals surface area contributed by atoms with Gasteiger partial charge in [-0.3, -0.25) is 4.79 Å². The van der Waals surface area contributed by atoms with Gasteiger partial charge in [-0.1, -0.05) is 12.5 Å². The van der Waals surface area contributed by atoms with Crippen LogP contribution in [0.4, 0.5) is 0 Å². The van der Waals surface area contributed by atoms with Gasteiger partial charge >= 0.3 is 0 Å². The van der Waals surface area contributed by atoms with Crippen molar-refractivity contribution in [3.05, 3.63) is 29.3 Å². The second-order valence-corrected chi connectivity index (χ2v) is 9.66. The van der Waals surface area contributed by atoms with Crippen LogP contribution in [-0.2, 0) is 10.0 Å². The van der Waals surface area contributed by atoms with Gasteiger partial charge in [0.15, 0.2) is 0 Å². The first-order valence-electron chi connectivity index (χ1n) is 10.2. The maximum Gasteiger partial charge on any atom is 0.251 e. The molecule has 2 heterocycles. The van der Waals surface area contributed by atoms with Crippen LogP contribution in [0.1, 0.15) is 54.9 Å². The molecule has 2 N–H and O–H groups in total. The van der Waals surface area contributed by atoms with E-state index in [1.54, 1.807) is 29.4 Å². The molecule has 2 fully saturated rings. The Hall–Kier alpha value is -1.44. The Morgan fingerprint density at radius 2 is 1.96 bits per heavy atom. The van der Waals surface area contributed by atoms with Gasteiger partial charge in [-0.2, -0.15) is 4.31 Å². The van der Waals surface area contributed by atoms with Crippen LogP contribution >= 0.6 is 0 Å². The Balaban J connectivity index is 1.73. The maximum atomic E-state index is 13.0. The van der Waals surface area contributed by atoms with Gasteiger partial charge in [-0.05, 0) is 44.4 Å². The van der Waals surface area contributed by atoms with Gasteiger partial charge in [0.05, 0.1) is 24.5 Å². The molecule has 0 saturated carbocycles. The van der Waals surface area contributed by atoms with Gasteiger partial charge in [0, 0.05) is 31.5 Å². The third-order valence-corrected chi connectivity index (χ3v) is 8.01. The molecule has 27 heavy (non-hydrogen) atoms. The van der Waals surface area contributed by atoms with Gasteiger partial charge in [0.2, 0.25) is 10.0 Å². The lowest BCUT2D eigenvalue weighted by atomic mass is 10.1. The lowest BCUT2D eigenvalue weighted by Crippen LogP contribution is -3.14. The average Bonchev–Trinajstić information content (AvgIpc) is 3.14. The number of carbonyl (C=O) groups excluding carboxylic acids is 1. The van der Waals surface area contributed by atoms with E-state index < -0.39 is 10.0 Å². The summed E-state index contributed by atoms with van der Waals surface area (Å²) in [6.07, 6.45) is 5.20. The van der Waals surface area contributed by atoms with E-state index in [0.717, 1.165) is 32.2 Å². The first-order chi connectivity index (χ1) is 12.9. The summed E-state index contributed by atoms with van der Waals surface area (Å²) in [5.41, 5.74) is 1.11. The highest BCUT2D eigenvalue weighted by atomic mass is 32.2. The monoisotopic (exact) mass is 394 g/mol. The predicted molar refractivity (Wildman–Crippen MR) is 106 cm³/mol. The Labute approximate surface area is 163 Å². The topological polar surface area (TPSA) is 70.9 Å². The van der Waals surface area contributed by atoms with Crippen molar-refractivity contribution >= 4 is 15.9 Å². The molecule has 3 rings (SSSR count). The second kappa shape index (κ2) is 8.71. The maximum absolute atomic E-state index is 13.0. The Bertz CT molecular complexity index is 773. The summed E-state index contributed by atoms with van der Waals surface area (Å²) < 4.78 is 27.6. The van der Waals surface area contributed by atoms with E-state index in [4.69, 9.17) is 0 Å². The van der Waals surface area contributed by atoms with E-state index in [1.165, 1.54) is 17.9 Å². The second-order valence-electron chi connectivity index (χ2n) is 7.76. The number of hydrogen-bond donors (Lipinski definition) is 2. The number of piperidine rings is 1. The fourth-order valence-corrected chi connectivity index (χ4v) is 6.05. The van der Waals surface area contributed by atoms with E-state index in [9.17, 15) is 13.2 Å². The molecule has 2 atom stereocenters. The van der Waals surface area contributed by atoms with Crippen molar-refractivity contribution in [2.24, 2.45) is 0 Å². The lowest BCUT2D eigenvalue weighted by molar-refractivity contribution is -0.909. The van der Waals surface area contributed by atoms with Gasteiger partial charge in [-0.25, -0.2) is 8.42 Å². The molecule has 1 unspecified atom stereocenters. The minimum absolute atomic E-state index is 0.188. The third kappa shape index (κ3) is 4.52. The molecule has 2 saturated heterocycles. The summed E-state index contributed by atoms with van der Waals surface area (Å²) in [5.74, 6) is -0.188. The van der Waals surface area contributed by atoms with Gasteiger partial charge in [0.25, 0.3) is 5.91 Å². The van der Waals surface area contributed by atoms with Crippen LogP contribution in [0.25, 0.3) is 0 Å². The van der Waals surface area contributed by atoms with Crippen molar-refractivity contribution in [1.29, 1.82) is 0 Å². The van der Waals surface area contributed by atoms with Crippen LogP contribution in [0.2, 0.25) is 0 Å². The number of likely N-dealkylation sites (tertiary alicyclic amines) is 1. The number of rotatable bonds is 6. The number of nitrogens with zero attached hydrogens (tertiary/aromatic N) is 1. The summed E-state index contributed by atoms with van der Waals surface area (Å²) in [7, 11) is -3.54. The van der Waals surface area contributed by atoms with Crippen molar-refractivity contribution in [3.8, 4) is 0 Å². The molecule has 1 aromatic carbocycles. The number of sulfonamides is 1. The standard InChI is InChI=1S/C20H31N3O3S/c1-3-22-11-7-8-18(22)15-21-20(24)17-10-9-16(2)19(14-17)27(25,26)23-12-5-4-6-13-23/h9-10,14,18H,3-8,11-13,15H2,1-2H3,(H,21,24)/p+1/t18-/m0/s1.